The number of rotatable bonds is 5. The summed E-state index contributed by atoms with van der Waals surface area (Å²) in [6.45, 7) is 2.09. The van der Waals surface area contributed by atoms with Crippen LogP contribution in [0.25, 0.3) is 11.3 Å². The topological polar surface area (TPSA) is 54.1 Å². The van der Waals surface area contributed by atoms with E-state index in [1.54, 1.807) is 4.90 Å². The second kappa shape index (κ2) is 7.32. The van der Waals surface area contributed by atoms with Crippen molar-refractivity contribution < 1.29 is 4.74 Å². The molecular formula is C21H20N4O. The molecule has 0 saturated carbocycles. The Morgan fingerprint density at radius 3 is 2.73 bits per heavy atom. The van der Waals surface area contributed by atoms with Crippen LogP contribution in [-0.4, -0.2) is 27.5 Å². The summed E-state index contributed by atoms with van der Waals surface area (Å²) in [4.78, 5) is 6.37. The summed E-state index contributed by atoms with van der Waals surface area (Å²) in [6.07, 6.45) is 7.10. The van der Waals surface area contributed by atoms with Gasteiger partial charge in [-0.05, 0) is 24.1 Å². The first-order valence-corrected chi connectivity index (χ1v) is 8.78. The van der Waals surface area contributed by atoms with Crippen LogP contribution in [0.3, 0.4) is 0 Å². The number of hydrogen-bond acceptors (Lipinski definition) is 4. The molecule has 1 aliphatic heterocycles. The van der Waals surface area contributed by atoms with Crippen LogP contribution in [0, 0.1) is 11.5 Å². The highest BCUT2D eigenvalue weighted by Gasteiger charge is 2.23. The van der Waals surface area contributed by atoms with Gasteiger partial charge in [0.1, 0.15) is 12.4 Å². The van der Waals surface area contributed by atoms with Crippen molar-refractivity contribution >= 4 is 0 Å². The number of benzene rings is 2. The number of hydrogen-bond donors (Lipinski definition) is 0. The van der Waals surface area contributed by atoms with Gasteiger partial charge >= 0.3 is 0 Å². The standard InChI is InChI=1S/C21H20N4O/c22-15-24-11-10-18(12-24)25-13-20(23-16-25)19-8-4-5-9-21(19)26-14-17-6-2-1-3-7-17/h1-9,13,16,18H,10-12,14H2. The van der Waals surface area contributed by atoms with Crippen molar-refractivity contribution in [3.05, 3.63) is 72.7 Å². The summed E-state index contributed by atoms with van der Waals surface area (Å²) >= 11 is 0. The van der Waals surface area contributed by atoms with Gasteiger partial charge in [0.2, 0.25) is 0 Å². The van der Waals surface area contributed by atoms with Crippen molar-refractivity contribution in [3.8, 4) is 23.2 Å². The van der Waals surface area contributed by atoms with E-state index in [4.69, 9.17) is 10.00 Å². The van der Waals surface area contributed by atoms with Crippen LogP contribution in [0.5, 0.6) is 5.75 Å². The fourth-order valence-electron chi connectivity index (χ4n) is 3.29. The molecule has 2 heterocycles. The van der Waals surface area contributed by atoms with Gasteiger partial charge in [-0.1, -0.05) is 42.5 Å². The van der Waals surface area contributed by atoms with Crippen LogP contribution >= 0.6 is 0 Å². The van der Waals surface area contributed by atoms with Crippen LogP contribution in [0.2, 0.25) is 0 Å². The lowest BCUT2D eigenvalue weighted by Gasteiger charge is -2.11. The van der Waals surface area contributed by atoms with Gasteiger partial charge in [-0.15, -0.1) is 0 Å². The van der Waals surface area contributed by atoms with E-state index < -0.39 is 0 Å². The summed E-state index contributed by atoms with van der Waals surface area (Å²) in [7, 11) is 0. The maximum Gasteiger partial charge on any atom is 0.179 e. The van der Waals surface area contributed by atoms with E-state index in [-0.39, 0.29) is 0 Å². The molecule has 5 heteroatoms. The molecule has 3 aromatic rings. The van der Waals surface area contributed by atoms with Crippen molar-refractivity contribution in [1.82, 2.24) is 14.5 Å². The third-order valence-corrected chi connectivity index (χ3v) is 4.73. The quantitative estimate of drug-likeness (QED) is 0.660. The molecule has 0 spiro atoms. The molecule has 1 atom stereocenters. The monoisotopic (exact) mass is 344 g/mol. The average molecular weight is 344 g/mol. The number of nitrogens with zero attached hydrogens (tertiary/aromatic N) is 4. The molecule has 0 amide bonds. The summed E-state index contributed by atoms with van der Waals surface area (Å²) in [5.41, 5.74) is 3.01. The Hall–Kier alpha value is -3.26. The van der Waals surface area contributed by atoms with Gasteiger partial charge in [0.25, 0.3) is 0 Å². The van der Waals surface area contributed by atoms with Gasteiger partial charge < -0.3 is 14.2 Å². The molecule has 0 bridgehead atoms. The molecule has 1 saturated heterocycles. The first-order chi connectivity index (χ1) is 12.8. The summed E-state index contributed by atoms with van der Waals surface area (Å²) in [5.74, 6) is 0.826. The summed E-state index contributed by atoms with van der Waals surface area (Å²) < 4.78 is 8.16. The molecule has 0 aliphatic carbocycles. The van der Waals surface area contributed by atoms with E-state index in [2.05, 4.69) is 34.1 Å². The summed E-state index contributed by atoms with van der Waals surface area (Å²) in [5, 5.41) is 9.04. The highest BCUT2D eigenvalue weighted by molar-refractivity contribution is 5.66. The molecule has 0 N–H and O–H groups in total. The van der Waals surface area contributed by atoms with Crippen LogP contribution in [0.15, 0.2) is 67.1 Å². The SMILES string of the molecule is N#CN1CCC(n2cnc(-c3ccccc3OCc3ccccc3)c2)C1. The second-order valence-electron chi connectivity index (χ2n) is 6.47. The van der Waals surface area contributed by atoms with Crippen LogP contribution < -0.4 is 4.74 Å². The Bertz CT molecular complexity index is 913. The molecule has 1 aliphatic rings. The van der Waals surface area contributed by atoms with Crippen molar-refractivity contribution in [2.75, 3.05) is 13.1 Å². The average Bonchev–Trinajstić information content (AvgIpc) is 3.36. The molecular weight excluding hydrogens is 324 g/mol. The van der Waals surface area contributed by atoms with Crippen LogP contribution in [-0.2, 0) is 6.61 Å². The first kappa shape index (κ1) is 16.2. The molecule has 0 radical (unpaired) electrons. The Labute approximate surface area is 153 Å². The van der Waals surface area contributed by atoms with E-state index in [1.165, 1.54) is 0 Å². The molecule has 130 valence electrons. The zero-order chi connectivity index (χ0) is 17.8. The van der Waals surface area contributed by atoms with Gasteiger partial charge in [0.05, 0.1) is 18.1 Å². The number of likely N-dealkylation sites (tertiary alicyclic amines) is 1. The van der Waals surface area contributed by atoms with Gasteiger partial charge in [-0.2, -0.15) is 5.26 Å². The molecule has 5 nitrogen and oxygen atoms in total. The predicted octanol–water partition coefficient (Wildman–Crippen LogP) is 3.86. The highest BCUT2D eigenvalue weighted by Crippen LogP contribution is 2.31. The van der Waals surface area contributed by atoms with E-state index in [0.717, 1.165) is 42.1 Å². The maximum absolute atomic E-state index is 9.04. The minimum absolute atomic E-state index is 0.299. The third kappa shape index (κ3) is 3.40. The molecule has 26 heavy (non-hydrogen) atoms. The van der Waals surface area contributed by atoms with Crippen LogP contribution in [0.1, 0.15) is 18.0 Å². The molecule has 1 unspecified atom stereocenters. The zero-order valence-corrected chi connectivity index (χ0v) is 14.5. The number of aromatic nitrogens is 2. The number of nitriles is 1. The number of ether oxygens (including phenoxy) is 1. The van der Waals surface area contributed by atoms with Crippen LogP contribution in [0.4, 0.5) is 0 Å². The highest BCUT2D eigenvalue weighted by atomic mass is 16.5. The minimum atomic E-state index is 0.299. The van der Waals surface area contributed by atoms with E-state index >= 15 is 0 Å². The van der Waals surface area contributed by atoms with Gasteiger partial charge in [0.15, 0.2) is 6.19 Å². The normalized spacial score (nSPS) is 16.4. The van der Waals surface area contributed by atoms with E-state index in [1.807, 2.05) is 48.8 Å². The fraction of sp³-hybridized carbons (Fsp3) is 0.238. The second-order valence-corrected chi connectivity index (χ2v) is 6.47. The smallest absolute Gasteiger partial charge is 0.179 e. The Morgan fingerprint density at radius 1 is 1.12 bits per heavy atom. The lowest BCUT2D eigenvalue weighted by atomic mass is 10.1. The third-order valence-electron chi connectivity index (χ3n) is 4.73. The molecule has 1 aromatic heterocycles. The van der Waals surface area contributed by atoms with Crippen molar-refractivity contribution in [2.45, 2.75) is 19.1 Å². The Morgan fingerprint density at radius 2 is 1.92 bits per heavy atom. The van der Waals surface area contributed by atoms with E-state index in [0.29, 0.717) is 12.6 Å². The molecule has 1 fully saturated rings. The zero-order valence-electron chi connectivity index (χ0n) is 14.5. The Kier molecular flexibility index (Phi) is 4.57. The molecule has 2 aromatic carbocycles. The van der Waals surface area contributed by atoms with Crippen molar-refractivity contribution in [3.63, 3.8) is 0 Å². The van der Waals surface area contributed by atoms with Crippen molar-refractivity contribution in [1.29, 1.82) is 5.26 Å². The van der Waals surface area contributed by atoms with Gasteiger partial charge in [0, 0.05) is 24.8 Å². The predicted molar refractivity (Wildman–Crippen MR) is 99.3 cm³/mol. The lowest BCUT2D eigenvalue weighted by Crippen LogP contribution is -2.15. The first-order valence-electron chi connectivity index (χ1n) is 8.78. The maximum atomic E-state index is 9.04. The minimum Gasteiger partial charge on any atom is -0.488 e. The number of para-hydroxylation sites is 1. The Balaban J connectivity index is 1.52. The van der Waals surface area contributed by atoms with E-state index in [9.17, 15) is 0 Å². The van der Waals surface area contributed by atoms with Gasteiger partial charge in [-0.3, -0.25) is 0 Å². The van der Waals surface area contributed by atoms with Gasteiger partial charge in [-0.25, -0.2) is 4.98 Å². The van der Waals surface area contributed by atoms with Crippen molar-refractivity contribution in [2.24, 2.45) is 0 Å². The fourth-order valence-corrected chi connectivity index (χ4v) is 3.29. The summed E-state index contributed by atoms with van der Waals surface area (Å²) in [6, 6.07) is 18.4. The number of imidazole rings is 1. The lowest BCUT2D eigenvalue weighted by molar-refractivity contribution is 0.307. The largest absolute Gasteiger partial charge is 0.488 e. The molecule has 4 rings (SSSR count).